The van der Waals surface area contributed by atoms with Crippen LogP contribution in [0.25, 0.3) is 6.08 Å². The van der Waals surface area contributed by atoms with Gasteiger partial charge in [-0.25, -0.2) is 0 Å². The highest BCUT2D eigenvalue weighted by molar-refractivity contribution is 6.31. The Morgan fingerprint density at radius 3 is 2.46 bits per heavy atom. The van der Waals surface area contributed by atoms with E-state index in [0.717, 1.165) is 5.56 Å². The van der Waals surface area contributed by atoms with E-state index < -0.39 is 0 Å². The second kappa shape index (κ2) is 8.31. The molecule has 0 aliphatic carbocycles. The van der Waals surface area contributed by atoms with Gasteiger partial charge in [0.05, 0.1) is 11.3 Å². The number of halogens is 1. The van der Waals surface area contributed by atoms with Crippen molar-refractivity contribution in [3.63, 3.8) is 0 Å². The fraction of sp³-hybridized carbons (Fsp3) is 0.158. The Bertz CT molecular complexity index is 755. The number of benzene rings is 2. The van der Waals surface area contributed by atoms with Crippen molar-refractivity contribution in [3.8, 4) is 0 Å². The van der Waals surface area contributed by atoms with Crippen LogP contribution in [0.1, 0.15) is 29.8 Å². The summed E-state index contributed by atoms with van der Waals surface area (Å²) in [6.07, 6.45) is 3.12. The van der Waals surface area contributed by atoms with Gasteiger partial charge >= 0.3 is 0 Å². The zero-order valence-corrected chi connectivity index (χ0v) is 14.3. The average Bonchev–Trinajstić information content (AvgIpc) is 2.53. The predicted octanol–water partition coefficient (Wildman–Crippen LogP) is 4.13. The lowest BCUT2D eigenvalue weighted by Crippen LogP contribution is -2.31. The molecule has 5 heteroatoms. The minimum absolute atomic E-state index is 0.00490. The molecular weight excluding hydrogens is 324 g/mol. The van der Waals surface area contributed by atoms with Crippen molar-refractivity contribution >= 4 is 35.2 Å². The molecule has 0 heterocycles. The summed E-state index contributed by atoms with van der Waals surface area (Å²) in [5, 5.41) is 5.95. The van der Waals surface area contributed by atoms with E-state index in [1.165, 1.54) is 6.08 Å². The fourth-order valence-electron chi connectivity index (χ4n) is 2.07. The van der Waals surface area contributed by atoms with Crippen LogP contribution in [-0.4, -0.2) is 17.9 Å². The van der Waals surface area contributed by atoms with Crippen LogP contribution in [-0.2, 0) is 4.79 Å². The molecule has 0 bridgehead atoms. The molecule has 0 saturated carbocycles. The lowest BCUT2D eigenvalue weighted by atomic mass is 10.1. The molecular formula is C19H19ClN2O2. The highest BCUT2D eigenvalue weighted by Gasteiger charge is 2.14. The molecule has 4 nitrogen and oxygen atoms in total. The number of hydrogen-bond donors (Lipinski definition) is 2. The van der Waals surface area contributed by atoms with Gasteiger partial charge in [-0.3, -0.25) is 9.59 Å². The summed E-state index contributed by atoms with van der Waals surface area (Å²) in [5.74, 6) is -0.594. The molecule has 0 aliphatic rings. The van der Waals surface area contributed by atoms with Crippen LogP contribution in [0.4, 0.5) is 5.69 Å². The van der Waals surface area contributed by atoms with Gasteiger partial charge in [-0.1, -0.05) is 41.9 Å². The summed E-state index contributed by atoms with van der Waals surface area (Å²) in [6, 6.07) is 14.2. The van der Waals surface area contributed by atoms with Gasteiger partial charge in [0.25, 0.3) is 5.91 Å². The summed E-state index contributed by atoms with van der Waals surface area (Å²) in [7, 11) is 0. The van der Waals surface area contributed by atoms with E-state index >= 15 is 0 Å². The minimum Gasteiger partial charge on any atom is -0.350 e. The summed E-state index contributed by atoms with van der Waals surface area (Å²) >= 11 is 5.98. The third-order valence-electron chi connectivity index (χ3n) is 3.13. The quantitative estimate of drug-likeness (QED) is 0.803. The molecule has 2 aromatic carbocycles. The van der Waals surface area contributed by atoms with Gasteiger partial charge in [0.15, 0.2) is 0 Å². The zero-order chi connectivity index (χ0) is 17.5. The number of anilines is 1. The highest BCUT2D eigenvalue weighted by Crippen LogP contribution is 2.21. The normalized spacial score (nSPS) is 10.8. The Morgan fingerprint density at radius 1 is 1.08 bits per heavy atom. The van der Waals surface area contributed by atoms with E-state index in [1.807, 2.05) is 44.2 Å². The molecule has 24 heavy (non-hydrogen) atoms. The first-order valence-corrected chi connectivity index (χ1v) is 7.98. The maximum absolute atomic E-state index is 12.2. The third kappa shape index (κ3) is 5.25. The highest BCUT2D eigenvalue weighted by atomic mass is 35.5. The molecule has 124 valence electrons. The van der Waals surface area contributed by atoms with Crippen molar-refractivity contribution in [2.24, 2.45) is 0 Å². The standard InChI is InChI=1S/C19H19ClN2O2/c1-13(2)21-19(24)16-10-9-15(20)12-17(16)22-18(23)11-8-14-6-4-3-5-7-14/h3-13H,1-2H3,(H,21,24)(H,22,23)/b11-8+. The van der Waals surface area contributed by atoms with Crippen LogP contribution in [0.15, 0.2) is 54.6 Å². The van der Waals surface area contributed by atoms with E-state index in [4.69, 9.17) is 11.6 Å². The van der Waals surface area contributed by atoms with Gasteiger partial charge in [0.2, 0.25) is 5.91 Å². The molecule has 0 radical (unpaired) electrons. The van der Waals surface area contributed by atoms with Crippen molar-refractivity contribution in [3.05, 3.63) is 70.8 Å². The second-order valence-electron chi connectivity index (χ2n) is 5.55. The molecule has 0 spiro atoms. The number of nitrogens with one attached hydrogen (secondary N) is 2. The Balaban J connectivity index is 2.16. The fourth-order valence-corrected chi connectivity index (χ4v) is 2.24. The molecule has 2 rings (SSSR count). The first kappa shape index (κ1) is 17.8. The molecule has 0 aromatic heterocycles. The topological polar surface area (TPSA) is 58.2 Å². The Labute approximate surface area is 146 Å². The first-order valence-electron chi connectivity index (χ1n) is 7.60. The largest absolute Gasteiger partial charge is 0.350 e. The number of hydrogen-bond acceptors (Lipinski definition) is 2. The maximum Gasteiger partial charge on any atom is 0.253 e. The number of amides is 2. The molecule has 2 N–H and O–H groups in total. The monoisotopic (exact) mass is 342 g/mol. The lowest BCUT2D eigenvalue weighted by molar-refractivity contribution is -0.111. The molecule has 0 atom stereocenters. The second-order valence-corrected chi connectivity index (χ2v) is 5.99. The molecule has 2 aromatic rings. The molecule has 0 unspecified atom stereocenters. The van der Waals surface area contributed by atoms with Gasteiger partial charge < -0.3 is 10.6 Å². The summed E-state index contributed by atoms with van der Waals surface area (Å²) < 4.78 is 0. The Kier molecular flexibility index (Phi) is 6.15. The zero-order valence-electron chi connectivity index (χ0n) is 13.5. The first-order chi connectivity index (χ1) is 11.5. The van der Waals surface area contributed by atoms with E-state index in [0.29, 0.717) is 16.3 Å². The van der Waals surface area contributed by atoms with E-state index in [9.17, 15) is 9.59 Å². The van der Waals surface area contributed by atoms with Crippen molar-refractivity contribution in [2.75, 3.05) is 5.32 Å². The molecule has 0 aliphatic heterocycles. The van der Waals surface area contributed by atoms with Gasteiger partial charge in [0, 0.05) is 17.1 Å². The number of carbonyl (C=O) groups is 2. The van der Waals surface area contributed by atoms with Crippen LogP contribution in [0.5, 0.6) is 0 Å². The van der Waals surface area contributed by atoms with E-state index in [2.05, 4.69) is 10.6 Å². The third-order valence-corrected chi connectivity index (χ3v) is 3.37. The van der Waals surface area contributed by atoms with Crippen molar-refractivity contribution < 1.29 is 9.59 Å². The Morgan fingerprint density at radius 2 is 1.79 bits per heavy atom. The van der Waals surface area contributed by atoms with Gasteiger partial charge in [0.1, 0.15) is 0 Å². The summed E-state index contributed by atoms with van der Waals surface area (Å²) in [5.41, 5.74) is 1.66. The van der Waals surface area contributed by atoms with Crippen molar-refractivity contribution in [1.29, 1.82) is 0 Å². The van der Waals surface area contributed by atoms with Crippen molar-refractivity contribution in [1.82, 2.24) is 5.32 Å². The molecule has 2 amide bonds. The van der Waals surface area contributed by atoms with Gasteiger partial charge in [-0.15, -0.1) is 0 Å². The Hall–Kier alpha value is -2.59. The minimum atomic E-state index is -0.334. The van der Waals surface area contributed by atoms with Crippen LogP contribution in [0, 0.1) is 0 Å². The number of rotatable bonds is 5. The van der Waals surface area contributed by atoms with Crippen LogP contribution in [0.2, 0.25) is 5.02 Å². The number of carbonyl (C=O) groups excluding carboxylic acids is 2. The molecule has 0 saturated heterocycles. The van der Waals surface area contributed by atoms with Crippen LogP contribution >= 0.6 is 11.6 Å². The predicted molar refractivity (Wildman–Crippen MR) is 98.2 cm³/mol. The van der Waals surface area contributed by atoms with Gasteiger partial charge in [-0.2, -0.15) is 0 Å². The van der Waals surface area contributed by atoms with Gasteiger partial charge in [-0.05, 0) is 43.7 Å². The SMILES string of the molecule is CC(C)NC(=O)c1ccc(Cl)cc1NC(=O)/C=C/c1ccccc1. The molecule has 0 fully saturated rings. The average molecular weight is 343 g/mol. The van der Waals surface area contributed by atoms with Crippen LogP contribution < -0.4 is 10.6 Å². The van der Waals surface area contributed by atoms with Crippen LogP contribution in [0.3, 0.4) is 0 Å². The summed E-state index contributed by atoms with van der Waals surface area (Å²) in [4.78, 5) is 24.3. The lowest BCUT2D eigenvalue weighted by Gasteiger charge is -2.13. The van der Waals surface area contributed by atoms with Crippen molar-refractivity contribution in [2.45, 2.75) is 19.9 Å². The van der Waals surface area contributed by atoms with E-state index in [-0.39, 0.29) is 17.9 Å². The summed E-state index contributed by atoms with van der Waals surface area (Å²) in [6.45, 7) is 3.74. The van der Waals surface area contributed by atoms with E-state index in [1.54, 1.807) is 24.3 Å². The smallest absolute Gasteiger partial charge is 0.253 e. The maximum atomic E-state index is 12.2.